The average Bonchev–Trinajstić information content (AvgIpc) is 2.24. The highest BCUT2D eigenvalue weighted by Gasteiger charge is 2.29. The van der Waals surface area contributed by atoms with Crippen LogP contribution in [0.1, 0.15) is 34.1 Å². The van der Waals surface area contributed by atoms with Crippen molar-refractivity contribution in [3.63, 3.8) is 0 Å². The van der Waals surface area contributed by atoms with Gasteiger partial charge in [-0.05, 0) is 6.42 Å². The van der Waals surface area contributed by atoms with Crippen molar-refractivity contribution < 1.29 is 15.0 Å². The minimum absolute atomic E-state index is 0.0394. The molecule has 0 radical (unpaired) electrons. The third-order valence-corrected chi connectivity index (χ3v) is 2.35. The molecule has 1 aliphatic heterocycles. The second kappa shape index (κ2) is 6.80. The van der Waals surface area contributed by atoms with Gasteiger partial charge in [-0.3, -0.25) is 4.79 Å². The number of amides is 1. The van der Waals surface area contributed by atoms with Gasteiger partial charge in [-0.25, -0.2) is 0 Å². The minimum Gasteiger partial charge on any atom is -0.390 e. The van der Waals surface area contributed by atoms with Crippen molar-refractivity contribution in [1.29, 1.82) is 0 Å². The van der Waals surface area contributed by atoms with Gasteiger partial charge in [-0.15, -0.1) is 0 Å². The zero-order valence-electron chi connectivity index (χ0n) is 10.1. The van der Waals surface area contributed by atoms with Crippen molar-refractivity contribution in [3.05, 3.63) is 0 Å². The quantitative estimate of drug-likeness (QED) is 0.677. The number of rotatable bonds is 1. The molecular formula is C11H23NO3. The third-order valence-electron chi connectivity index (χ3n) is 2.35. The van der Waals surface area contributed by atoms with Crippen LogP contribution in [0.3, 0.4) is 0 Å². The maximum atomic E-state index is 11.5. The zero-order valence-corrected chi connectivity index (χ0v) is 10.1. The lowest BCUT2D eigenvalue weighted by atomic mass is 10.0. The Hall–Kier alpha value is -0.610. The Balaban J connectivity index is 0.000000921. The molecule has 4 heteroatoms. The van der Waals surface area contributed by atoms with E-state index in [0.29, 0.717) is 13.0 Å². The molecular weight excluding hydrogens is 194 g/mol. The van der Waals surface area contributed by atoms with Crippen LogP contribution in [0.4, 0.5) is 0 Å². The second-order valence-electron chi connectivity index (χ2n) is 3.86. The molecule has 0 bridgehead atoms. The lowest BCUT2D eigenvalue weighted by Gasteiger charge is -2.34. The van der Waals surface area contributed by atoms with Gasteiger partial charge in [0.15, 0.2) is 0 Å². The second-order valence-corrected chi connectivity index (χ2v) is 3.86. The van der Waals surface area contributed by atoms with E-state index < -0.39 is 12.2 Å². The summed E-state index contributed by atoms with van der Waals surface area (Å²) in [5, 5.41) is 18.6. The largest absolute Gasteiger partial charge is 0.390 e. The molecule has 0 spiro atoms. The number of hydrogen-bond acceptors (Lipinski definition) is 3. The number of carbonyl (C=O) groups is 1. The Morgan fingerprint density at radius 3 is 2.20 bits per heavy atom. The van der Waals surface area contributed by atoms with Crippen LogP contribution in [-0.4, -0.2) is 46.3 Å². The Morgan fingerprint density at radius 1 is 1.27 bits per heavy atom. The fourth-order valence-corrected chi connectivity index (χ4v) is 1.48. The SMILES string of the molecule is CC.CC(C)C(=O)N1CCC(O)C(O)C1. The molecule has 0 aromatic rings. The van der Waals surface area contributed by atoms with Crippen LogP contribution in [0.5, 0.6) is 0 Å². The predicted molar refractivity (Wildman–Crippen MR) is 59.4 cm³/mol. The monoisotopic (exact) mass is 217 g/mol. The number of nitrogens with zero attached hydrogens (tertiary/aromatic N) is 1. The minimum atomic E-state index is -0.781. The first kappa shape index (κ1) is 14.4. The van der Waals surface area contributed by atoms with Gasteiger partial charge in [-0.2, -0.15) is 0 Å². The van der Waals surface area contributed by atoms with Crippen LogP contribution in [0.25, 0.3) is 0 Å². The highest BCUT2D eigenvalue weighted by molar-refractivity contribution is 5.78. The summed E-state index contributed by atoms with van der Waals surface area (Å²) in [7, 11) is 0. The van der Waals surface area contributed by atoms with E-state index in [-0.39, 0.29) is 18.4 Å². The predicted octanol–water partition coefficient (Wildman–Crippen LogP) is 0.623. The molecule has 0 saturated carbocycles. The number of likely N-dealkylation sites (tertiary alicyclic amines) is 1. The Labute approximate surface area is 91.9 Å². The normalized spacial score (nSPS) is 25.9. The maximum Gasteiger partial charge on any atom is 0.225 e. The van der Waals surface area contributed by atoms with Gasteiger partial charge in [0, 0.05) is 19.0 Å². The summed E-state index contributed by atoms with van der Waals surface area (Å²) < 4.78 is 0. The first-order chi connectivity index (χ1) is 7.02. The van der Waals surface area contributed by atoms with Crippen molar-refractivity contribution in [2.24, 2.45) is 5.92 Å². The van der Waals surface area contributed by atoms with Gasteiger partial charge >= 0.3 is 0 Å². The van der Waals surface area contributed by atoms with Crippen LogP contribution in [0, 0.1) is 5.92 Å². The zero-order chi connectivity index (χ0) is 12.0. The number of hydrogen-bond donors (Lipinski definition) is 2. The summed E-state index contributed by atoms with van der Waals surface area (Å²) >= 11 is 0. The van der Waals surface area contributed by atoms with Gasteiger partial charge in [0.05, 0.1) is 12.2 Å². The molecule has 0 aromatic carbocycles. The topological polar surface area (TPSA) is 60.8 Å². The highest BCUT2D eigenvalue weighted by Crippen LogP contribution is 2.13. The molecule has 90 valence electrons. The van der Waals surface area contributed by atoms with Gasteiger partial charge in [0.2, 0.25) is 5.91 Å². The average molecular weight is 217 g/mol. The molecule has 1 rings (SSSR count). The molecule has 0 aliphatic carbocycles. The van der Waals surface area contributed by atoms with E-state index in [2.05, 4.69) is 0 Å². The van der Waals surface area contributed by atoms with E-state index in [1.54, 1.807) is 4.90 Å². The van der Waals surface area contributed by atoms with E-state index in [4.69, 9.17) is 0 Å². The van der Waals surface area contributed by atoms with Crippen molar-refractivity contribution >= 4 is 5.91 Å². The van der Waals surface area contributed by atoms with E-state index in [0.717, 1.165) is 0 Å². The van der Waals surface area contributed by atoms with E-state index in [1.807, 2.05) is 27.7 Å². The van der Waals surface area contributed by atoms with Gasteiger partial charge in [-0.1, -0.05) is 27.7 Å². The molecule has 2 atom stereocenters. The molecule has 2 unspecified atom stereocenters. The lowest BCUT2D eigenvalue weighted by molar-refractivity contribution is -0.140. The number of carbonyl (C=O) groups excluding carboxylic acids is 1. The Kier molecular flexibility index (Phi) is 6.52. The van der Waals surface area contributed by atoms with Crippen LogP contribution in [-0.2, 0) is 4.79 Å². The number of aliphatic hydroxyl groups is 2. The summed E-state index contributed by atoms with van der Waals surface area (Å²) in [5.74, 6) is 0.00777. The fraction of sp³-hybridized carbons (Fsp3) is 0.909. The third kappa shape index (κ3) is 4.18. The summed E-state index contributed by atoms with van der Waals surface area (Å²) in [5.41, 5.74) is 0. The Morgan fingerprint density at radius 2 is 1.80 bits per heavy atom. The summed E-state index contributed by atoms with van der Waals surface area (Å²) in [6.45, 7) is 8.48. The molecule has 4 nitrogen and oxygen atoms in total. The first-order valence-corrected chi connectivity index (χ1v) is 5.67. The number of aliphatic hydroxyl groups excluding tert-OH is 2. The summed E-state index contributed by atoms with van der Waals surface area (Å²) in [6.07, 6.45) is -0.979. The van der Waals surface area contributed by atoms with Gasteiger partial charge in [0.1, 0.15) is 0 Å². The molecule has 1 amide bonds. The standard InChI is InChI=1S/C9H17NO3.C2H6/c1-6(2)9(13)10-4-3-7(11)8(12)5-10;1-2/h6-8,11-12H,3-5H2,1-2H3;1-2H3. The molecule has 0 aromatic heterocycles. The van der Waals surface area contributed by atoms with Crippen LogP contribution < -0.4 is 0 Å². The van der Waals surface area contributed by atoms with E-state index >= 15 is 0 Å². The van der Waals surface area contributed by atoms with Gasteiger partial charge < -0.3 is 15.1 Å². The summed E-state index contributed by atoms with van der Waals surface area (Å²) in [6, 6.07) is 0. The summed E-state index contributed by atoms with van der Waals surface area (Å²) in [4.78, 5) is 13.1. The molecule has 15 heavy (non-hydrogen) atoms. The number of β-amino-alcohol motifs (C(OH)–C–C–N with tert-alkyl or cyclic N) is 1. The van der Waals surface area contributed by atoms with E-state index in [1.165, 1.54) is 0 Å². The van der Waals surface area contributed by atoms with Crippen molar-refractivity contribution in [3.8, 4) is 0 Å². The first-order valence-electron chi connectivity index (χ1n) is 5.67. The fourth-order valence-electron chi connectivity index (χ4n) is 1.48. The van der Waals surface area contributed by atoms with Crippen molar-refractivity contribution in [2.75, 3.05) is 13.1 Å². The smallest absolute Gasteiger partial charge is 0.225 e. The van der Waals surface area contributed by atoms with Gasteiger partial charge in [0.25, 0.3) is 0 Å². The van der Waals surface area contributed by atoms with Crippen LogP contribution in [0.2, 0.25) is 0 Å². The van der Waals surface area contributed by atoms with E-state index in [9.17, 15) is 15.0 Å². The van der Waals surface area contributed by atoms with Crippen LogP contribution >= 0.6 is 0 Å². The maximum absolute atomic E-state index is 11.5. The lowest BCUT2D eigenvalue weighted by Crippen LogP contribution is -2.50. The molecule has 1 heterocycles. The molecule has 1 saturated heterocycles. The number of piperidine rings is 1. The highest BCUT2D eigenvalue weighted by atomic mass is 16.3. The molecule has 2 N–H and O–H groups in total. The molecule has 1 fully saturated rings. The Bertz CT molecular complexity index is 194. The van der Waals surface area contributed by atoms with Crippen molar-refractivity contribution in [2.45, 2.75) is 46.3 Å². The van der Waals surface area contributed by atoms with Crippen molar-refractivity contribution in [1.82, 2.24) is 4.90 Å². The molecule has 1 aliphatic rings. The van der Waals surface area contributed by atoms with Crippen LogP contribution in [0.15, 0.2) is 0 Å².